The van der Waals surface area contributed by atoms with Crippen molar-refractivity contribution < 1.29 is 4.74 Å². The zero-order valence-electron chi connectivity index (χ0n) is 14.5. The van der Waals surface area contributed by atoms with Crippen LogP contribution in [0.4, 0.5) is 0 Å². The lowest BCUT2D eigenvalue weighted by Gasteiger charge is -2.24. The second kappa shape index (κ2) is 9.58. The zero-order valence-corrected chi connectivity index (χ0v) is 16.8. The third kappa shape index (κ3) is 6.08. The number of hydrogen-bond donors (Lipinski definition) is 2. The molecule has 2 rings (SSSR count). The van der Waals surface area contributed by atoms with Crippen LogP contribution in [0.5, 0.6) is 0 Å². The number of ether oxygens (including phenoxy) is 1. The SMILES string of the molecule is CN=C(NCc1ccnc(-n2ccnc2)c1)NCC(C)(C)OC.I. The van der Waals surface area contributed by atoms with Gasteiger partial charge in [-0.05, 0) is 31.5 Å². The number of halogens is 1. The first-order valence-electron chi connectivity index (χ1n) is 7.47. The molecule has 7 nitrogen and oxygen atoms in total. The Morgan fingerprint density at radius 2 is 2.12 bits per heavy atom. The van der Waals surface area contributed by atoms with E-state index in [4.69, 9.17) is 4.74 Å². The van der Waals surface area contributed by atoms with Gasteiger partial charge in [0.15, 0.2) is 5.96 Å². The maximum absolute atomic E-state index is 5.39. The van der Waals surface area contributed by atoms with Crippen molar-refractivity contribution in [2.75, 3.05) is 20.7 Å². The number of guanidine groups is 1. The third-order valence-corrected chi connectivity index (χ3v) is 3.50. The molecule has 0 aliphatic rings. The Bertz CT molecular complexity index is 642. The maximum Gasteiger partial charge on any atom is 0.191 e. The van der Waals surface area contributed by atoms with Crippen LogP contribution in [-0.4, -0.2) is 46.8 Å². The highest BCUT2D eigenvalue weighted by atomic mass is 127. The molecule has 0 bridgehead atoms. The van der Waals surface area contributed by atoms with Crippen LogP contribution in [0.2, 0.25) is 0 Å². The Balaban J connectivity index is 0.00000288. The van der Waals surface area contributed by atoms with E-state index >= 15 is 0 Å². The van der Waals surface area contributed by atoms with E-state index in [9.17, 15) is 0 Å². The first-order chi connectivity index (χ1) is 11.0. The monoisotopic (exact) mass is 444 g/mol. The molecule has 24 heavy (non-hydrogen) atoms. The Morgan fingerprint density at radius 3 is 2.75 bits per heavy atom. The number of pyridine rings is 1. The van der Waals surface area contributed by atoms with Gasteiger partial charge >= 0.3 is 0 Å². The van der Waals surface area contributed by atoms with Gasteiger partial charge < -0.3 is 15.4 Å². The van der Waals surface area contributed by atoms with Crippen molar-refractivity contribution in [2.24, 2.45) is 4.99 Å². The van der Waals surface area contributed by atoms with E-state index in [1.807, 2.05) is 36.7 Å². The quantitative estimate of drug-likeness (QED) is 0.405. The van der Waals surface area contributed by atoms with E-state index in [2.05, 4.69) is 25.6 Å². The van der Waals surface area contributed by atoms with Crippen LogP contribution >= 0.6 is 24.0 Å². The number of aromatic nitrogens is 3. The molecule has 0 aliphatic carbocycles. The van der Waals surface area contributed by atoms with Crippen LogP contribution in [-0.2, 0) is 11.3 Å². The van der Waals surface area contributed by atoms with Crippen LogP contribution in [0.15, 0.2) is 42.0 Å². The third-order valence-electron chi connectivity index (χ3n) is 3.50. The average Bonchev–Trinajstić information content (AvgIpc) is 3.10. The summed E-state index contributed by atoms with van der Waals surface area (Å²) in [6, 6.07) is 3.99. The molecular formula is C16H25IN6O. The molecule has 0 saturated carbocycles. The van der Waals surface area contributed by atoms with Gasteiger partial charge in [-0.1, -0.05) is 0 Å². The summed E-state index contributed by atoms with van der Waals surface area (Å²) in [6.45, 7) is 5.36. The smallest absolute Gasteiger partial charge is 0.191 e. The van der Waals surface area contributed by atoms with E-state index in [1.165, 1.54) is 0 Å². The van der Waals surface area contributed by atoms with Gasteiger partial charge in [0.05, 0.1) is 5.60 Å². The summed E-state index contributed by atoms with van der Waals surface area (Å²) in [5.41, 5.74) is 0.862. The standard InChI is InChI=1S/C16H24N6O.HI/c1-16(2,23-4)11-21-15(17-3)20-10-13-5-6-19-14(9-13)22-8-7-18-12-22;/h5-9,12H,10-11H2,1-4H3,(H2,17,20,21);1H. The lowest BCUT2D eigenvalue weighted by atomic mass is 10.1. The molecule has 0 fully saturated rings. The van der Waals surface area contributed by atoms with E-state index in [0.717, 1.165) is 17.3 Å². The van der Waals surface area contributed by atoms with Crippen LogP contribution in [0.25, 0.3) is 5.82 Å². The minimum Gasteiger partial charge on any atom is -0.377 e. The lowest BCUT2D eigenvalue weighted by molar-refractivity contribution is 0.0268. The number of nitrogens with zero attached hydrogens (tertiary/aromatic N) is 4. The molecular weight excluding hydrogens is 419 g/mol. The first kappa shape index (κ1) is 20.4. The summed E-state index contributed by atoms with van der Waals surface area (Å²) in [6.07, 6.45) is 7.12. The lowest BCUT2D eigenvalue weighted by Crippen LogP contribution is -2.45. The van der Waals surface area contributed by atoms with Crippen LogP contribution in [0, 0.1) is 0 Å². The molecule has 132 valence electrons. The highest BCUT2D eigenvalue weighted by Gasteiger charge is 2.16. The van der Waals surface area contributed by atoms with Crippen molar-refractivity contribution in [1.29, 1.82) is 0 Å². The van der Waals surface area contributed by atoms with Crippen molar-refractivity contribution in [3.8, 4) is 5.82 Å². The topological polar surface area (TPSA) is 76.4 Å². The van der Waals surface area contributed by atoms with Gasteiger partial charge in [-0.25, -0.2) is 9.97 Å². The fourth-order valence-corrected chi connectivity index (χ4v) is 1.88. The summed E-state index contributed by atoms with van der Waals surface area (Å²) in [4.78, 5) is 12.6. The molecule has 2 aromatic heterocycles. The van der Waals surface area contributed by atoms with Gasteiger partial charge in [0.25, 0.3) is 0 Å². The Kier molecular flexibility index (Phi) is 8.13. The highest BCUT2D eigenvalue weighted by Crippen LogP contribution is 2.07. The van der Waals surface area contributed by atoms with E-state index < -0.39 is 0 Å². The summed E-state index contributed by atoms with van der Waals surface area (Å²) < 4.78 is 7.26. The molecule has 0 atom stereocenters. The number of nitrogens with one attached hydrogen (secondary N) is 2. The van der Waals surface area contributed by atoms with Gasteiger partial charge in [-0.3, -0.25) is 9.56 Å². The molecule has 0 spiro atoms. The molecule has 2 heterocycles. The zero-order chi connectivity index (χ0) is 16.7. The van der Waals surface area contributed by atoms with E-state index in [-0.39, 0.29) is 29.6 Å². The Labute approximate surface area is 160 Å². The van der Waals surface area contributed by atoms with Crippen molar-refractivity contribution in [1.82, 2.24) is 25.2 Å². The molecule has 0 unspecified atom stereocenters. The molecule has 8 heteroatoms. The number of hydrogen-bond acceptors (Lipinski definition) is 4. The van der Waals surface area contributed by atoms with Crippen LogP contribution in [0.3, 0.4) is 0 Å². The minimum atomic E-state index is -0.247. The molecule has 0 aromatic carbocycles. The van der Waals surface area contributed by atoms with Gasteiger partial charge in [0.1, 0.15) is 12.1 Å². The molecule has 2 aromatic rings. The summed E-state index contributed by atoms with van der Waals surface area (Å²) in [5, 5.41) is 6.54. The number of aliphatic imine (C=N–C) groups is 1. The molecule has 2 N–H and O–H groups in total. The molecule has 0 aliphatic heterocycles. The summed E-state index contributed by atoms with van der Waals surface area (Å²) >= 11 is 0. The fraction of sp³-hybridized carbons (Fsp3) is 0.438. The van der Waals surface area contributed by atoms with Gasteiger partial charge in [0.2, 0.25) is 0 Å². The van der Waals surface area contributed by atoms with Crippen molar-refractivity contribution in [3.05, 3.63) is 42.6 Å². The normalized spacial score (nSPS) is 11.8. The van der Waals surface area contributed by atoms with Crippen LogP contribution in [0.1, 0.15) is 19.4 Å². The fourth-order valence-electron chi connectivity index (χ4n) is 1.88. The summed E-state index contributed by atoms with van der Waals surface area (Å²) in [5.74, 6) is 1.57. The highest BCUT2D eigenvalue weighted by molar-refractivity contribution is 14.0. The molecule has 0 saturated heterocycles. The van der Waals surface area contributed by atoms with Crippen molar-refractivity contribution in [2.45, 2.75) is 26.0 Å². The number of imidazole rings is 1. The largest absolute Gasteiger partial charge is 0.377 e. The molecule has 0 radical (unpaired) electrons. The van der Waals surface area contributed by atoms with Crippen molar-refractivity contribution >= 4 is 29.9 Å². The second-order valence-corrected chi connectivity index (χ2v) is 5.74. The Morgan fingerprint density at radius 1 is 1.33 bits per heavy atom. The first-order valence-corrected chi connectivity index (χ1v) is 7.47. The van der Waals surface area contributed by atoms with Gasteiger partial charge in [0, 0.05) is 45.8 Å². The van der Waals surface area contributed by atoms with Gasteiger partial charge in [-0.2, -0.15) is 0 Å². The number of methoxy groups -OCH3 is 1. The average molecular weight is 444 g/mol. The van der Waals surface area contributed by atoms with E-state index in [0.29, 0.717) is 13.1 Å². The predicted molar refractivity (Wildman–Crippen MR) is 106 cm³/mol. The Hall–Kier alpha value is -1.68. The summed E-state index contributed by atoms with van der Waals surface area (Å²) in [7, 11) is 3.45. The number of rotatable bonds is 6. The maximum atomic E-state index is 5.39. The van der Waals surface area contributed by atoms with Crippen molar-refractivity contribution in [3.63, 3.8) is 0 Å². The second-order valence-electron chi connectivity index (χ2n) is 5.74. The molecule has 0 amide bonds. The van der Waals surface area contributed by atoms with Crippen LogP contribution < -0.4 is 10.6 Å². The van der Waals surface area contributed by atoms with Gasteiger partial charge in [-0.15, -0.1) is 24.0 Å². The minimum absolute atomic E-state index is 0. The van der Waals surface area contributed by atoms with E-state index in [1.54, 1.807) is 32.9 Å². The predicted octanol–water partition coefficient (Wildman–Crippen LogP) is 1.98.